The first kappa shape index (κ1) is 38.9. The van der Waals surface area contributed by atoms with Gasteiger partial charge in [0.05, 0.1) is 43.3 Å². The topological polar surface area (TPSA) is 105 Å². The fourth-order valence-electron chi connectivity index (χ4n) is 6.23. The molecule has 0 aromatic heterocycles. The van der Waals surface area contributed by atoms with Gasteiger partial charge in [0.15, 0.2) is 11.5 Å². The van der Waals surface area contributed by atoms with E-state index >= 15 is 0 Å². The molecule has 2 fully saturated rings. The molecule has 0 radical (unpaired) electrons. The van der Waals surface area contributed by atoms with Gasteiger partial charge in [0.1, 0.15) is 11.1 Å². The minimum atomic E-state index is -1.63. The number of benzene rings is 2. The number of esters is 4. The van der Waals surface area contributed by atoms with Crippen LogP contribution in [0.3, 0.4) is 0 Å². The van der Waals surface area contributed by atoms with Crippen LogP contribution >= 0.6 is 69.6 Å². The molecule has 4 rings (SSSR count). The first-order chi connectivity index (χ1) is 22.8. The van der Waals surface area contributed by atoms with E-state index < -0.39 is 46.5 Å². The SMILES string of the molecule is CC(COC(=O)c1c(Cl)c(Cl)cc(Cl)c1OC(=O)C(=O)Oc1c(Cl)cc(Cl)c(Cl)c1C(=O)OCC(C)C1CCCCC1)C1CCCCC1. The van der Waals surface area contributed by atoms with E-state index in [0.29, 0.717) is 11.8 Å². The first-order valence-corrected chi connectivity index (χ1v) is 18.2. The Bertz CT molecular complexity index is 1420. The van der Waals surface area contributed by atoms with Gasteiger partial charge in [-0.2, -0.15) is 0 Å². The molecule has 2 aromatic carbocycles. The minimum Gasteiger partial charge on any atom is -0.462 e. The summed E-state index contributed by atoms with van der Waals surface area (Å²) in [5.74, 6) is -5.39. The summed E-state index contributed by atoms with van der Waals surface area (Å²) >= 11 is 37.6. The van der Waals surface area contributed by atoms with Crippen molar-refractivity contribution in [2.45, 2.75) is 78.1 Å². The third-order valence-electron chi connectivity index (χ3n) is 9.08. The molecule has 0 bridgehead atoms. The summed E-state index contributed by atoms with van der Waals surface area (Å²) in [7, 11) is 0. The lowest BCUT2D eigenvalue weighted by Gasteiger charge is -2.27. The summed E-state index contributed by atoms with van der Waals surface area (Å²) < 4.78 is 21.5. The summed E-state index contributed by atoms with van der Waals surface area (Å²) in [6.45, 7) is 4.13. The van der Waals surface area contributed by atoms with Crippen LogP contribution in [0.15, 0.2) is 12.1 Å². The number of carbonyl (C=O) groups excluding carboxylic acids is 4. The van der Waals surface area contributed by atoms with Crippen LogP contribution in [0.5, 0.6) is 11.5 Å². The van der Waals surface area contributed by atoms with Crippen molar-refractivity contribution in [3.63, 3.8) is 0 Å². The van der Waals surface area contributed by atoms with Gasteiger partial charge in [-0.15, -0.1) is 0 Å². The Morgan fingerprint density at radius 1 is 0.583 bits per heavy atom. The Labute approximate surface area is 309 Å². The van der Waals surface area contributed by atoms with E-state index in [4.69, 9.17) is 88.6 Å². The van der Waals surface area contributed by atoms with E-state index in [1.165, 1.54) is 12.8 Å². The van der Waals surface area contributed by atoms with E-state index in [9.17, 15) is 19.2 Å². The van der Waals surface area contributed by atoms with E-state index in [1.54, 1.807) is 0 Å². The molecule has 0 amide bonds. The predicted octanol–water partition coefficient (Wildman–Crippen LogP) is 10.9. The second kappa shape index (κ2) is 17.8. The molecule has 2 aliphatic rings. The Hall–Kier alpha value is -1.94. The molecular weight excluding hydrogens is 749 g/mol. The number of hydrogen-bond donors (Lipinski definition) is 0. The Morgan fingerprint density at radius 3 is 1.25 bits per heavy atom. The first-order valence-electron chi connectivity index (χ1n) is 15.9. The van der Waals surface area contributed by atoms with Crippen LogP contribution in [-0.2, 0) is 19.1 Å². The Kier molecular flexibility index (Phi) is 14.4. The van der Waals surface area contributed by atoms with Gasteiger partial charge in [0.25, 0.3) is 0 Å². The number of carbonyl (C=O) groups is 4. The molecule has 0 aliphatic heterocycles. The van der Waals surface area contributed by atoms with Crippen molar-refractivity contribution >= 4 is 93.5 Å². The number of rotatable bonds is 10. The summed E-state index contributed by atoms with van der Waals surface area (Å²) in [5, 5.41) is -1.43. The number of halogens is 6. The van der Waals surface area contributed by atoms with Crippen LogP contribution in [0, 0.1) is 23.7 Å². The lowest BCUT2D eigenvalue weighted by molar-refractivity contribution is -0.156. The monoisotopic (exact) mass is 782 g/mol. The second-order valence-corrected chi connectivity index (χ2v) is 14.8. The highest BCUT2D eigenvalue weighted by molar-refractivity contribution is 6.47. The van der Waals surface area contributed by atoms with Crippen molar-refractivity contribution in [1.82, 2.24) is 0 Å². The average Bonchev–Trinajstić information content (AvgIpc) is 3.07. The van der Waals surface area contributed by atoms with Crippen LogP contribution in [0.25, 0.3) is 0 Å². The molecular formula is C34H36Cl6O8. The van der Waals surface area contributed by atoms with Crippen molar-refractivity contribution in [3.05, 3.63) is 53.4 Å². The zero-order chi connectivity index (χ0) is 35.1. The summed E-state index contributed by atoms with van der Waals surface area (Å²) in [6, 6.07) is 2.28. The largest absolute Gasteiger partial charge is 0.462 e. The predicted molar refractivity (Wildman–Crippen MR) is 186 cm³/mol. The fraction of sp³-hybridized carbons (Fsp3) is 0.529. The minimum absolute atomic E-state index is 0.0657. The standard InChI is InChI=1S/C34H36Cl6O8/c1-17(19-9-5-3-6-10-19)15-45-31(41)25-27(39)21(35)13-23(37)29(25)47-33(43)34(44)48-30-24(38)14-22(36)28(40)26(30)32(42)46-16-18(2)20-11-7-4-8-12-20/h13-14,17-20H,3-12,15-16H2,1-2H3. The highest BCUT2D eigenvalue weighted by Gasteiger charge is 2.33. The van der Waals surface area contributed by atoms with Gasteiger partial charge in [0, 0.05) is 0 Å². The molecule has 2 saturated carbocycles. The van der Waals surface area contributed by atoms with Crippen molar-refractivity contribution in [3.8, 4) is 11.5 Å². The van der Waals surface area contributed by atoms with Crippen molar-refractivity contribution < 1.29 is 38.1 Å². The van der Waals surface area contributed by atoms with Crippen LogP contribution < -0.4 is 9.47 Å². The van der Waals surface area contributed by atoms with E-state index in [0.717, 1.165) is 63.5 Å². The molecule has 8 nitrogen and oxygen atoms in total. The molecule has 0 saturated heterocycles. The molecule has 2 atom stereocenters. The summed E-state index contributed by atoms with van der Waals surface area (Å²) in [5.41, 5.74) is -0.898. The smallest absolute Gasteiger partial charge is 0.423 e. The lowest BCUT2D eigenvalue weighted by Crippen LogP contribution is -2.28. The van der Waals surface area contributed by atoms with Gasteiger partial charge in [-0.3, -0.25) is 0 Å². The molecule has 2 aliphatic carbocycles. The van der Waals surface area contributed by atoms with E-state index in [1.807, 2.05) is 13.8 Å². The van der Waals surface area contributed by atoms with Crippen LogP contribution in [0.2, 0.25) is 30.1 Å². The van der Waals surface area contributed by atoms with E-state index in [-0.39, 0.29) is 55.2 Å². The number of hydrogen-bond acceptors (Lipinski definition) is 8. The van der Waals surface area contributed by atoms with Crippen LogP contribution in [0.1, 0.15) is 98.8 Å². The highest BCUT2D eigenvalue weighted by Crippen LogP contribution is 2.42. The summed E-state index contributed by atoms with van der Waals surface area (Å²) in [4.78, 5) is 52.6. The van der Waals surface area contributed by atoms with Gasteiger partial charge in [0.2, 0.25) is 0 Å². The Morgan fingerprint density at radius 2 is 0.917 bits per heavy atom. The maximum absolute atomic E-state index is 13.2. The lowest BCUT2D eigenvalue weighted by atomic mass is 9.81. The van der Waals surface area contributed by atoms with E-state index in [2.05, 4.69) is 0 Å². The maximum Gasteiger partial charge on any atom is 0.423 e. The summed E-state index contributed by atoms with van der Waals surface area (Å²) in [6.07, 6.45) is 11.0. The Balaban J connectivity index is 1.51. The quantitative estimate of drug-likeness (QED) is 0.101. The molecule has 262 valence electrons. The molecule has 0 heterocycles. The van der Waals surface area contributed by atoms with Crippen LogP contribution in [0.4, 0.5) is 0 Å². The average molecular weight is 785 g/mol. The zero-order valence-corrected chi connectivity index (χ0v) is 31.0. The maximum atomic E-state index is 13.2. The highest BCUT2D eigenvalue weighted by atomic mass is 35.5. The third-order valence-corrected chi connectivity index (χ3v) is 11.2. The molecule has 0 spiro atoms. The fourth-order valence-corrected chi connectivity index (χ4v) is 7.67. The molecule has 0 N–H and O–H groups in total. The van der Waals surface area contributed by atoms with Gasteiger partial charge < -0.3 is 18.9 Å². The van der Waals surface area contributed by atoms with Crippen molar-refractivity contribution in [1.29, 1.82) is 0 Å². The number of ether oxygens (including phenoxy) is 4. The van der Waals surface area contributed by atoms with Gasteiger partial charge in [-0.25, -0.2) is 19.2 Å². The molecule has 2 unspecified atom stereocenters. The van der Waals surface area contributed by atoms with Gasteiger partial charge >= 0.3 is 23.9 Å². The normalized spacial score (nSPS) is 16.9. The van der Waals surface area contributed by atoms with Crippen molar-refractivity contribution in [2.75, 3.05) is 13.2 Å². The molecule has 48 heavy (non-hydrogen) atoms. The third kappa shape index (κ3) is 9.64. The molecule has 2 aromatic rings. The van der Waals surface area contributed by atoms with Gasteiger partial charge in [-0.1, -0.05) is 148 Å². The van der Waals surface area contributed by atoms with Crippen molar-refractivity contribution in [2.24, 2.45) is 23.7 Å². The van der Waals surface area contributed by atoms with Gasteiger partial charge in [-0.05, 0) is 35.8 Å². The second-order valence-electron chi connectivity index (χ2n) is 12.4. The van der Waals surface area contributed by atoms with Crippen LogP contribution in [-0.4, -0.2) is 37.1 Å². The molecule has 14 heteroatoms. The zero-order valence-electron chi connectivity index (χ0n) is 26.5.